The number of likely N-dealkylation sites (N-methyl/N-ethyl adjacent to an activating group) is 1. The summed E-state index contributed by atoms with van der Waals surface area (Å²) in [4.78, 5) is 58.1. The van der Waals surface area contributed by atoms with Gasteiger partial charge in [0, 0.05) is 30.6 Å². The number of halogens is 2. The van der Waals surface area contributed by atoms with E-state index in [4.69, 9.17) is 0 Å². The number of nitrogens with zero attached hydrogens (tertiary/aromatic N) is 3. The third kappa shape index (κ3) is 3.60. The van der Waals surface area contributed by atoms with Gasteiger partial charge in [-0.1, -0.05) is 12.1 Å². The first kappa shape index (κ1) is 24.7. The number of hydrogen-bond donors (Lipinski definition) is 2. The summed E-state index contributed by atoms with van der Waals surface area (Å²) in [5.74, 6) is -2.69. The summed E-state index contributed by atoms with van der Waals surface area (Å²) in [6, 6.07) is 10.9. The molecule has 1 saturated heterocycles. The lowest BCUT2D eigenvalue weighted by Crippen LogP contribution is -2.47. The number of fused-ring (bicyclic) bond motifs is 3. The lowest BCUT2D eigenvalue weighted by Gasteiger charge is -2.31. The van der Waals surface area contributed by atoms with Crippen molar-refractivity contribution in [3.05, 3.63) is 88.6 Å². The number of nitrogens with one attached hydrogen (secondary N) is 2. The maximum absolute atomic E-state index is 14.0. The maximum Gasteiger partial charge on any atom is 0.328 e. The second-order valence-corrected chi connectivity index (χ2v) is 10.3. The number of anilines is 2. The van der Waals surface area contributed by atoms with E-state index < -0.39 is 47.0 Å². The van der Waals surface area contributed by atoms with Crippen LogP contribution in [0, 0.1) is 11.6 Å². The van der Waals surface area contributed by atoms with Crippen LogP contribution in [0.2, 0.25) is 0 Å². The minimum absolute atomic E-state index is 0.0806. The Balaban J connectivity index is 1.24. The fourth-order valence-corrected chi connectivity index (χ4v) is 5.93. The molecule has 11 heteroatoms. The van der Waals surface area contributed by atoms with Gasteiger partial charge in [0.2, 0.25) is 11.8 Å². The van der Waals surface area contributed by atoms with Crippen LogP contribution in [0.15, 0.2) is 54.7 Å². The number of benzene rings is 2. The van der Waals surface area contributed by atoms with Crippen LogP contribution in [-0.2, 0) is 38.2 Å². The van der Waals surface area contributed by atoms with Gasteiger partial charge in [-0.25, -0.2) is 18.6 Å². The average Bonchev–Trinajstić information content (AvgIpc) is 3.46. The van der Waals surface area contributed by atoms with Gasteiger partial charge in [0.25, 0.3) is 5.91 Å². The monoisotopic (exact) mass is 531 g/mol. The first-order valence-corrected chi connectivity index (χ1v) is 12.3. The molecule has 1 aliphatic carbocycles. The summed E-state index contributed by atoms with van der Waals surface area (Å²) < 4.78 is 28.0. The molecule has 3 aliphatic rings. The molecule has 3 aromatic rings. The number of pyridine rings is 1. The number of amides is 5. The molecular weight excluding hydrogens is 508 g/mol. The van der Waals surface area contributed by atoms with Crippen LogP contribution in [0.3, 0.4) is 0 Å². The fraction of sp³-hybridized carbons (Fsp3) is 0.250. The molecule has 2 atom stereocenters. The van der Waals surface area contributed by atoms with Crippen molar-refractivity contribution >= 4 is 35.3 Å². The van der Waals surface area contributed by atoms with E-state index in [2.05, 4.69) is 15.6 Å². The zero-order chi connectivity index (χ0) is 27.7. The molecule has 1 fully saturated rings. The lowest BCUT2D eigenvalue weighted by atomic mass is 9.79. The highest BCUT2D eigenvalue weighted by Crippen LogP contribution is 2.47. The number of carbonyl (C=O) groups excluding carboxylic acids is 4. The van der Waals surface area contributed by atoms with Crippen molar-refractivity contribution in [2.75, 3.05) is 24.2 Å². The molecule has 39 heavy (non-hydrogen) atoms. The summed E-state index contributed by atoms with van der Waals surface area (Å²) in [6.07, 6.45) is 2.56. The molecule has 198 valence electrons. The molecule has 0 saturated carbocycles. The van der Waals surface area contributed by atoms with Crippen LogP contribution in [0.1, 0.15) is 29.2 Å². The summed E-state index contributed by atoms with van der Waals surface area (Å²) in [5, 5.41) is 5.60. The van der Waals surface area contributed by atoms with E-state index in [1.807, 2.05) is 12.1 Å². The number of imide groups is 1. The van der Waals surface area contributed by atoms with E-state index in [1.54, 1.807) is 24.4 Å². The van der Waals surface area contributed by atoms with Crippen LogP contribution < -0.4 is 10.6 Å². The molecule has 0 radical (unpaired) electrons. The molecule has 2 aliphatic heterocycles. The number of aromatic nitrogens is 1. The van der Waals surface area contributed by atoms with Crippen molar-refractivity contribution < 1.29 is 28.0 Å². The molecule has 1 aromatic heterocycles. The summed E-state index contributed by atoms with van der Waals surface area (Å²) in [5.41, 5.74) is 0.533. The van der Waals surface area contributed by atoms with E-state index in [0.717, 1.165) is 38.6 Å². The molecule has 3 heterocycles. The molecule has 5 amide bonds. The molecule has 6 rings (SSSR count). The van der Waals surface area contributed by atoms with Gasteiger partial charge in [0.1, 0.15) is 29.5 Å². The van der Waals surface area contributed by atoms with Crippen LogP contribution in [0.4, 0.5) is 25.1 Å². The summed E-state index contributed by atoms with van der Waals surface area (Å²) in [7, 11) is 1.25. The van der Waals surface area contributed by atoms with Gasteiger partial charge in [-0.05, 0) is 66.8 Å². The van der Waals surface area contributed by atoms with Gasteiger partial charge in [0.15, 0.2) is 0 Å². The quantitative estimate of drug-likeness (QED) is 0.503. The normalized spacial score (nSPS) is 23.3. The molecule has 1 unspecified atom stereocenters. The predicted molar refractivity (Wildman–Crippen MR) is 136 cm³/mol. The third-order valence-corrected chi connectivity index (χ3v) is 7.97. The van der Waals surface area contributed by atoms with E-state index in [-0.39, 0.29) is 11.5 Å². The molecule has 2 N–H and O–H groups in total. The molecular formula is C28H23F2N5O4. The lowest BCUT2D eigenvalue weighted by molar-refractivity contribution is -0.132. The van der Waals surface area contributed by atoms with Crippen molar-refractivity contribution in [2.24, 2.45) is 0 Å². The van der Waals surface area contributed by atoms with Gasteiger partial charge in [0.05, 0.1) is 5.41 Å². The number of rotatable bonds is 4. The van der Waals surface area contributed by atoms with Gasteiger partial charge in [-0.15, -0.1) is 0 Å². The smallest absolute Gasteiger partial charge is 0.325 e. The summed E-state index contributed by atoms with van der Waals surface area (Å²) in [6.45, 7) is 0.818. The minimum Gasteiger partial charge on any atom is -0.325 e. The Labute approximate surface area is 221 Å². The Morgan fingerprint density at radius 1 is 1.05 bits per heavy atom. The van der Waals surface area contributed by atoms with Crippen LogP contribution >= 0.6 is 0 Å². The van der Waals surface area contributed by atoms with E-state index >= 15 is 0 Å². The van der Waals surface area contributed by atoms with E-state index in [9.17, 15) is 28.0 Å². The van der Waals surface area contributed by atoms with Gasteiger partial charge >= 0.3 is 6.03 Å². The van der Waals surface area contributed by atoms with Crippen molar-refractivity contribution in [1.82, 2.24) is 14.8 Å². The predicted octanol–water partition coefficient (Wildman–Crippen LogP) is 3.10. The zero-order valence-electron chi connectivity index (χ0n) is 21.0. The highest BCUT2D eigenvalue weighted by molar-refractivity contribution is 6.09. The Morgan fingerprint density at radius 2 is 1.77 bits per heavy atom. The molecule has 9 nitrogen and oxygen atoms in total. The zero-order valence-corrected chi connectivity index (χ0v) is 21.0. The van der Waals surface area contributed by atoms with Crippen molar-refractivity contribution in [2.45, 2.75) is 30.7 Å². The molecule has 1 spiro atoms. The Morgan fingerprint density at radius 3 is 2.51 bits per heavy atom. The fourth-order valence-electron chi connectivity index (χ4n) is 5.93. The molecule has 0 bridgehead atoms. The van der Waals surface area contributed by atoms with E-state index in [0.29, 0.717) is 30.4 Å². The van der Waals surface area contributed by atoms with Crippen LogP contribution in [0.5, 0.6) is 0 Å². The Hall–Kier alpha value is -4.67. The number of carbonyl (C=O) groups is 4. The SMILES string of the molecule is CN1C(=O)N(CC(=O)Nc2ccc3c(c2)C[C@@]2(C3)C(=O)Nc3ncccc32)C(C)(c2cc(F)cc(F)c2)C1=O. The second-order valence-electron chi connectivity index (χ2n) is 10.3. The summed E-state index contributed by atoms with van der Waals surface area (Å²) >= 11 is 0. The first-order chi connectivity index (χ1) is 18.5. The second kappa shape index (κ2) is 8.42. The van der Waals surface area contributed by atoms with Crippen LogP contribution in [0.25, 0.3) is 0 Å². The standard InChI is InChI=1S/C28H23F2N5O4/c1-27(17-9-18(29)11-19(30)10-17)25(38)34(2)26(39)35(27)14-22(36)32-20-6-5-15-12-28(13-16(15)8-20)21-4-3-7-31-23(21)33-24(28)37/h3-11H,12-14H2,1-2H3,(H,32,36)(H,31,33,37)/t27?,28-/m1/s1. The van der Waals surface area contributed by atoms with Gasteiger partial charge in [-0.3, -0.25) is 24.2 Å². The number of urea groups is 1. The van der Waals surface area contributed by atoms with Crippen molar-refractivity contribution in [3.8, 4) is 0 Å². The van der Waals surface area contributed by atoms with Crippen molar-refractivity contribution in [1.29, 1.82) is 0 Å². The van der Waals surface area contributed by atoms with Crippen molar-refractivity contribution in [3.63, 3.8) is 0 Å². The maximum atomic E-state index is 14.0. The largest absolute Gasteiger partial charge is 0.328 e. The Kier molecular flexibility index (Phi) is 5.32. The van der Waals surface area contributed by atoms with Gasteiger partial charge in [-0.2, -0.15) is 0 Å². The molecule has 2 aromatic carbocycles. The minimum atomic E-state index is -1.78. The first-order valence-electron chi connectivity index (χ1n) is 12.3. The van der Waals surface area contributed by atoms with E-state index in [1.165, 1.54) is 14.0 Å². The highest BCUT2D eigenvalue weighted by Gasteiger charge is 2.55. The average molecular weight is 532 g/mol. The number of hydrogen-bond acceptors (Lipinski definition) is 5. The Bertz CT molecular complexity index is 1590. The highest BCUT2D eigenvalue weighted by atomic mass is 19.1. The van der Waals surface area contributed by atoms with Crippen LogP contribution in [-0.4, -0.2) is 52.1 Å². The topological polar surface area (TPSA) is 112 Å². The third-order valence-electron chi connectivity index (χ3n) is 7.97. The van der Waals surface area contributed by atoms with Gasteiger partial charge < -0.3 is 10.6 Å².